The number of pyridine rings is 1. The highest BCUT2D eigenvalue weighted by Crippen LogP contribution is 2.14. The molecule has 0 radical (unpaired) electrons. The van der Waals surface area contributed by atoms with Gasteiger partial charge in [-0.3, -0.25) is 14.3 Å². The van der Waals surface area contributed by atoms with Gasteiger partial charge in [-0.25, -0.2) is 9.78 Å². The quantitative estimate of drug-likeness (QED) is 0.781. The van der Waals surface area contributed by atoms with E-state index in [-0.39, 0.29) is 12.6 Å². The first kappa shape index (κ1) is 13.7. The van der Waals surface area contributed by atoms with E-state index in [1.807, 2.05) is 6.07 Å². The van der Waals surface area contributed by atoms with Crippen LogP contribution in [0.5, 0.6) is 0 Å². The van der Waals surface area contributed by atoms with E-state index < -0.39 is 5.97 Å². The smallest absolute Gasteiger partial charge is 0.329 e. The Balaban J connectivity index is 2.12. The summed E-state index contributed by atoms with van der Waals surface area (Å²) in [6.45, 7) is -0.115. The average Bonchev–Trinajstić information content (AvgIpc) is 2.97. The molecule has 1 amide bonds. The molecule has 0 aromatic carbocycles. The van der Waals surface area contributed by atoms with E-state index in [1.165, 1.54) is 30.0 Å². The summed E-state index contributed by atoms with van der Waals surface area (Å²) in [5, 5.41) is 0. The van der Waals surface area contributed by atoms with Crippen molar-refractivity contribution in [3.8, 4) is 11.3 Å². The van der Waals surface area contributed by atoms with Crippen LogP contribution in [0.1, 0.15) is 0 Å². The Labute approximate surface area is 115 Å². The van der Waals surface area contributed by atoms with Gasteiger partial charge in [0.15, 0.2) is 0 Å². The van der Waals surface area contributed by atoms with Crippen molar-refractivity contribution >= 4 is 12.0 Å². The fourth-order valence-corrected chi connectivity index (χ4v) is 1.61. The zero-order valence-corrected chi connectivity index (χ0v) is 11.2. The lowest BCUT2D eigenvalue weighted by molar-refractivity contribution is -0.140. The predicted molar refractivity (Wildman–Crippen MR) is 70.9 cm³/mol. The van der Waals surface area contributed by atoms with E-state index in [0.29, 0.717) is 5.69 Å². The van der Waals surface area contributed by atoms with Gasteiger partial charge >= 0.3 is 12.0 Å². The van der Waals surface area contributed by atoms with Crippen LogP contribution in [0.2, 0.25) is 0 Å². The molecule has 2 heterocycles. The number of rotatable bonds is 3. The van der Waals surface area contributed by atoms with Gasteiger partial charge in [0.2, 0.25) is 0 Å². The topological polar surface area (TPSA) is 77.3 Å². The third-order valence-corrected chi connectivity index (χ3v) is 2.68. The molecule has 0 saturated carbocycles. The molecule has 2 aromatic rings. The van der Waals surface area contributed by atoms with Crippen LogP contribution in [0.25, 0.3) is 11.3 Å². The number of hydrogen-bond donors (Lipinski definition) is 0. The summed E-state index contributed by atoms with van der Waals surface area (Å²) in [5.74, 6) is -0.478. The first-order chi connectivity index (χ1) is 9.61. The third-order valence-electron chi connectivity index (χ3n) is 2.68. The van der Waals surface area contributed by atoms with Crippen molar-refractivity contribution in [3.05, 3.63) is 37.1 Å². The number of aromatic nitrogens is 3. The highest BCUT2D eigenvalue weighted by atomic mass is 16.5. The summed E-state index contributed by atoms with van der Waals surface area (Å²) in [6.07, 6.45) is 6.32. The maximum Gasteiger partial charge on any atom is 0.329 e. The molecule has 7 nitrogen and oxygen atoms in total. The molecular formula is C13H14N4O3. The Bertz CT molecular complexity index is 609. The molecule has 0 aliphatic heterocycles. The molecule has 0 unspecified atom stereocenters. The van der Waals surface area contributed by atoms with E-state index in [2.05, 4.69) is 14.7 Å². The Kier molecular flexibility index (Phi) is 4.09. The van der Waals surface area contributed by atoms with Crippen LogP contribution in [-0.2, 0) is 9.53 Å². The van der Waals surface area contributed by atoms with Crippen molar-refractivity contribution in [2.45, 2.75) is 0 Å². The van der Waals surface area contributed by atoms with Crippen molar-refractivity contribution in [1.82, 2.24) is 19.4 Å². The number of esters is 1. The summed E-state index contributed by atoms with van der Waals surface area (Å²) >= 11 is 0. The molecule has 0 aliphatic rings. The second-order valence-electron chi connectivity index (χ2n) is 4.12. The summed E-state index contributed by atoms with van der Waals surface area (Å²) in [7, 11) is 2.79. The van der Waals surface area contributed by atoms with E-state index in [0.717, 1.165) is 5.56 Å². The van der Waals surface area contributed by atoms with Gasteiger partial charge in [-0.1, -0.05) is 0 Å². The van der Waals surface area contributed by atoms with Gasteiger partial charge in [0.1, 0.15) is 12.9 Å². The highest BCUT2D eigenvalue weighted by molar-refractivity contribution is 5.82. The molecule has 20 heavy (non-hydrogen) atoms. The Morgan fingerprint density at radius 3 is 2.90 bits per heavy atom. The summed E-state index contributed by atoms with van der Waals surface area (Å²) < 4.78 is 5.83. The zero-order valence-electron chi connectivity index (χ0n) is 11.2. The largest absolute Gasteiger partial charge is 0.468 e. The predicted octanol–water partition coefficient (Wildman–Crippen LogP) is 1.02. The number of methoxy groups -OCH3 is 1. The fraction of sp³-hybridized carbons (Fsp3) is 0.231. The SMILES string of the molecule is COC(=O)CN(C)C(=O)n1cnc(-c2cccnc2)c1. The minimum Gasteiger partial charge on any atom is -0.468 e. The molecule has 7 heteroatoms. The molecule has 104 valence electrons. The first-order valence-corrected chi connectivity index (χ1v) is 5.88. The van der Waals surface area contributed by atoms with Gasteiger partial charge in [0.05, 0.1) is 12.8 Å². The Morgan fingerprint density at radius 2 is 2.25 bits per heavy atom. The molecule has 0 atom stereocenters. The lowest BCUT2D eigenvalue weighted by Crippen LogP contribution is -2.35. The van der Waals surface area contributed by atoms with Crippen LogP contribution < -0.4 is 0 Å². The number of nitrogens with zero attached hydrogens (tertiary/aromatic N) is 4. The van der Waals surface area contributed by atoms with Gasteiger partial charge in [-0.15, -0.1) is 0 Å². The van der Waals surface area contributed by atoms with Gasteiger partial charge in [-0.05, 0) is 12.1 Å². The first-order valence-electron chi connectivity index (χ1n) is 5.88. The second kappa shape index (κ2) is 5.96. The van der Waals surface area contributed by atoms with Crippen molar-refractivity contribution in [3.63, 3.8) is 0 Å². The number of carbonyl (C=O) groups is 2. The van der Waals surface area contributed by atoms with Crippen molar-refractivity contribution in [1.29, 1.82) is 0 Å². The van der Waals surface area contributed by atoms with Gasteiger partial charge in [-0.2, -0.15) is 0 Å². The van der Waals surface area contributed by atoms with Gasteiger partial charge in [0, 0.05) is 31.2 Å². The summed E-state index contributed by atoms with van der Waals surface area (Å²) in [4.78, 5) is 32.6. The minimum atomic E-state index is -0.478. The van der Waals surface area contributed by atoms with Gasteiger partial charge in [0.25, 0.3) is 0 Å². The van der Waals surface area contributed by atoms with Crippen molar-refractivity contribution < 1.29 is 14.3 Å². The standard InChI is InChI=1S/C13H14N4O3/c1-16(8-12(18)20-2)13(19)17-7-11(15-9-17)10-4-3-5-14-6-10/h3-7,9H,8H2,1-2H3. The monoisotopic (exact) mass is 274 g/mol. The molecule has 2 rings (SSSR count). The lowest BCUT2D eigenvalue weighted by atomic mass is 10.2. The molecule has 0 saturated heterocycles. The fourth-order valence-electron chi connectivity index (χ4n) is 1.61. The summed E-state index contributed by atoms with van der Waals surface area (Å²) in [5.41, 5.74) is 1.45. The zero-order chi connectivity index (χ0) is 14.5. The van der Waals surface area contributed by atoms with Crippen molar-refractivity contribution in [2.75, 3.05) is 20.7 Å². The Morgan fingerprint density at radius 1 is 1.45 bits per heavy atom. The van der Waals surface area contributed by atoms with Gasteiger partial charge < -0.3 is 9.64 Å². The maximum absolute atomic E-state index is 12.1. The lowest BCUT2D eigenvalue weighted by Gasteiger charge is -2.15. The van der Waals surface area contributed by atoms with Crippen LogP contribution in [0.3, 0.4) is 0 Å². The molecule has 0 N–H and O–H groups in total. The number of carbonyl (C=O) groups excluding carboxylic acids is 2. The van der Waals surface area contributed by atoms with Crippen LogP contribution >= 0.6 is 0 Å². The van der Waals surface area contributed by atoms with Crippen LogP contribution in [0.4, 0.5) is 4.79 Å². The third kappa shape index (κ3) is 3.00. The van der Waals surface area contributed by atoms with Crippen LogP contribution in [0.15, 0.2) is 37.1 Å². The normalized spacial score (nSPS) is 10.1. The molecule has 0 bridgehead atoms. The highest BCUT2D eigenvalue weighted by Gasteiger charge is 2.15. The molecule has 0 fully saturated rings. The maximum atomic E-state index is 12.1. The second-order valence-corrected chi connectivity index (χ2v) is 4.12. The molecule has 0 aliphatic carbocycles. The van der Waals surface area contributed by atoms with E-state index in [1.54, 1.807) is 24.7 Å². The van der Waals surface area contributed by atoms with E-state index in [4.69, 9.17) is 0 Å². The number of likely N-dealkylation sites (N-methyl/N-ethyl adjacent to an activating group) is 1. The Hall–Kier alpha value is -2.70. The van der Waals surface area contributed by atoms with E-state index in [9.17, 15) is 9.59 Å². The summed E-state index contributed by atoms with van der Waals surface area (Å²) in [6, 6.07) is 3.28. The van der Waals surface area contributed by atoms with Crippen LogP contribution in [0, 0.1) is 0 Å². The van der Waals surface area contributed by atoms with E-state index >= 15 is 0 Å². The number of imidazole rings is 1. The molecule has 2 aromatic heterocycles. The minimum absolute atomic E-state index is 0.115. The molecular weight excluding hydrogens is 260 g/mol. The number of amides is 1. The molecule has 0 spiro atoms. The average molecular weight is 274 g/mol. The van der Waals surface area contributed by atoms with Crippen LogP contribution in [-0.4, -0.2) is 52.1 Å². The number of hydrogen-bond acceptors (Lipinski definition) is 5. The number of ether oxygens (including phenoxy) is 1. The van der Waals surface area contributed by atoms with Crippen molar-refractivity contribution in [2.24, 2.45) is 0 Å².